The predicted octanol–water partition coefficient (Wildman–Crippen LogP) is 8.72. The molecule has 0 bridgehead atoms. The van der Waals surface area contributed by atoms with E-state index in [0.29, 0.717) is 12.8 Å². The second-order valence-electron chi connectivity index (χ2n) is 10.5. The second kappa shape index (κ2) is 29.2. The van der Waals surface area contributed by atoms with Crippen LogP contribution in [0.5, 0.6) is 0 Å². The molecule has 0 heterocycles. The summed E-state index contributed by atoms with van der Waals surface area (Å²) in [6.07, 6.45) is 36.1. The number of rotatable bonds is 27. The molecule has 2 unspecified atom stereocenters. The van der Waals surface area contributed by atoms with Crippen LogP contribution in [0.15, 0.2) is 36.5 Å². The topological polar surface area (TPSA) is 69.6 Å². The molecule has 0 aromatic carbocycles. The van der Waals surface area contributed by atoms with Crippen LogP contribution in [0.1, 0.15) is 149 Å². The first-order valence-corrected chi connectivity index (χ1v) is 15.7. The molecule has 3 N–H and O–H groups in total. The number of amides is 1. The average Bonchev–Trinajstić information content (AvgIpc) is 2.90. The van der Waals surface area contributed by atoms with Crippen molar-refractivity contribution in [3.05, 3.63) is 36.5 Å². The summed E-state index contributed by atoms with van der Waals surface area (Å²) < 4.78 is 0. The van der Waals surface area contributed by atoms with E-state index < -0.39 is 12.1 Å². The Labute approximate surface area is 230 Å². The number of aliphatic hydroxyl groups is 2. The van der Waals surface area contributed by atoms with Crippen LogP contribution in [-0.4, -0.2) is 34.9 Å². The summed E-state index contributed by atoms with van der Waals surface area (Å²) in [5.74, 6) is -0.0643. The van der Waals surface area contributed by atoms with Crippen LogP contribution >= 0.6 is 0 Å². The van der Waals surface area contributed by atoms with Crippen LogP contribution in [0, 0.1) is 0 Å². The number of hydrogen-bond acceptors (Lipinski definition) is 3. The normalized spacial score (nSPS) is 13.7. The smallest absolute Gasteiger partial charge is 0.220 e. The quantitative estimate of drug-likeness (QED) is 0.0750. The van der Waals surface area contributed by atoms with Crippen LogP contribution in [0.4, 0.5) is 0 Å². The molecule has 0 aromatic rings. The maximum atomic E-state index is 12.2. The fourth-order valence-corrected chi connectivity index (χ4v) is 4.49. The van der Waals surface area contributed by atoms with Crippen LogP contribution in [-0.2, 0) is 4.79 Å². The summed E-state index contributed by atoms with van der Waals surface area (Å²) in [5.41, 5.74) is 0. The monoisotopic (exact) mass is 519 g/mol. The van der Waals surface area contributed by atoms with Crippen LogP contribution in [0.25, 0.3) is 0 Å². The highest BCUT2D eigenvalue weighted by molar-refractivity contribution is 5.76. The second-order valence-corrected chi connectivity index (χ2v) is 10.5. The van der Waals surface area contributed by atoms with E-state index in [-0.39, 0.29) is 12.5 Å². The first-order chi connectivity index (χ1) is 18.2. The van der Waals surface area contributed by atoms with E-state index in [1.807, 2.05) is 0 Å². The van der Waals surface area contributed by atoms with Crippen molar-refractivity contribution < 1.29 is 15.0 Å². The van der Waals surface area contributed by atoms with Crippen molar-refractivity contribution in [2.24, 2.45) is 0 Å². The molecule has 37 heavy (non-hydrogen) atoms. The number of hydrogen-bond donors (Lipinski definition) is 3. The molecular weight excluding hydrogens is 458 g/mol. The van der Waals surface area contributed by atoms with Gasteiger partial charge in [0, 0.05) is 6.42 Å². The molecule has 0 aromatic heterocycles. The first-order valence-electron chi connectivity index (χ1n) is 15.7. The maximum absolute atomic E-state index is 12.2. The summed E-state index contributed by atoms with van der Waals surface area (Å²) >= 11 is 0. The Morgan fingerprint density at radius 3 is 1.76 bits per heavy atom. The Kier molecular flexibility index (Phi) is 28.1. The Hall–Kier alpha value is -1.39. The molecule has 0 radical (unpaired) electrons. The van der Waals surface area contributed by atoms with Gasteiger partial charge in [-0.15, -0.1) is 0 Å². The zero-order chi connectivity index (χ0) is 27.2. The highest BCUT2D eigenvalue weighted by Gasteiger charge is 2.19. The Balaban J connectivity index is 3.68. The molecule has 216 valence electrons. The summed E-state index contributed by atoms with van der Waals surface area (Å²) in [7, 11) is 0. The van der Waals surface area contributed by atoms with E-state index in [1.54, 1.807) is 0 Å². The minimum atomic E-state index is -0.668. The van der Waals surface area contributed by atoms with Crippen LogP contribution in [0.2, 0.25) is 0 Å². The van der Waals surface area contributed by atoms with E-state index in [9.17, 15) is 15.0 Å². The molecule has 0 aliphatic rings. The lowest BCUT2D eigenvalue weighted by Crippen LogP contribution is -2.45. The highest BCUT2D eigenvalue weighted by Crippen LogP contribution is 2.14. The van der Waals surface area contributed by atoms with Gasteiger partial charge in [0.25, 0.3) is 0 Å². The van der Waals surface area contributed by atoms with Gasteiger partial charge in [-0.2, -0.15) is 0 Å². The molecule has 0 fully saturated rings. The molecule has 0 aliphatic carbocycles. The molecule has 0 rings (SSSR count). The third-order valence-electron chi connectivity index (χ3n) is 6.92. The van der Waals surface area contributed by atoms with Crippen molar-refractivity contribution >= 4 is 5.91 Å². The Morgan fingerprint density at radius 1 is 0.676 bits per heavy atom. The van der Waals surface area contributed by atoms with Crippen molar-refractivity contribution in [2.75, 3.05) is 6.61 Å². The van der Waals surface area contributed by atoms with Crippen molar-refractivity contribution in [1.82, 2.24) is 5.32 Å². The van der Waals surface area contributed by atoms with Gasteiger partial charge in [-0.25, -0.2) is 0 Å². The minimum Gasteiger partial charge on any atom is -0.394 e. The van der Waals surface area contributed by atoms with Gasteiger partial charge in [0.1, 0.15) is 0 Å². The number of carbonyl (C=O) groups is 1. The molecule has 0 saturated carbocycles. The molecule has 0 saturated heterocycles. The lowest BCUT2D eigenvalue weighted by atomic mass is 10.0. The Bertz CT molecular complexity index is 570. The lowest BCUT2D eigenvalue weighted by molar-refractivity contribution is -0.123. The van der Waals surface area contributed by atoms with Gasteiger partial charge in [-0.1, -0.05) is 134 Å². The fraction of sp³-hybridized carbons (Fsp3) is 0.788. The molecular formula is C33H61NO3. The van der Waals surface area contributed by atoms with E-state index in [1.165, 1.54) is 64.2 Å². The number of aliphatic hydroxyl groups excluding tert-OH is 2. The van der Waals surface area contributed by atoms with Gasteiger partial charge >= 0.3 is 0 Å². The minimum absolute atomic E-state index is 0.0643. The summed E-state index contributed by atoms with van der Waals surface area (Å²) in [6.45, 7) is 4.20. The summed E-state index contributed by atoms with van der Waals surface area (Å²) in [4.78, 5) is 12.2. The molecule has 0 aliphatic heterocycles. The van der Waals surface area contributed by atoms with Gasteiger partial charge < -0.3 is 15.5 Å². The van der Waals surface area contributed by atoms with E-state index in [0.717, 1.165) is 57.8 Å². The molecule has 4 nitrogen and oxygen atoms in total. The van der Waals surface area contributed by atoms with Gasteiger partial charge in [0.05, 0.1) is 18.8 Å². The van der Waals surface area contributed by atoms with Gasteiger partial charge in [0.15, 0.2) is 0 Å². The molecule has 1 amide bonds. The van der Waals surface area contributed by atoms with Crippen molar-refractivity contribution in [2.45, 2.75) is 161 Å². The van der Waals surface area contributed by atoms with E-state index >= 15 is 0 Å². The number of carbonyl (C=O) groups excluding carboxylic acids is 1. The maximum Gasteiger partial charge on any atom is 0.220 e. The zero-order valence-corrected chi connectivity index (χ0v) is 24.5. The molecule has 2 atom stereocenters. The lowest BCUT2D eigenvalue weighted by Gasteiger charge is -2.22. The van der Waals surface area contributed by atoms with Gasteiger partial charge in [0.2, 0.25) is 5.91 Å². The number of allylic oxidation sites excluding steroid dienone is 6. The predicted molar refractivity (Wildman–Crippen MR) is 161 cm³/mol. The van der Waals surface area contributed by atoms with Crippen LogP contribution in [0.3, 0.4) is 0 Å². The SMILES string of the molecule is CC/C=C\C/C=C\C/C=C\CCCCCC(=O)NC(CO)C(O)CCCCCCCCCCCCCC. The van der Waals surface area contributed by atoms with E-state index in [2.05, 4.69) is 55.6 Å². The average molecular weight is 520 g/mol. The zero-order valence-electron chi connectivity index (χ0n) is 24.5. The summed E-state index contributed by atoms with van der Waals surface area (Å²) in [6, 6.07) is -0.548. The van der Waals surface area contributed by atoms with Gasteiger partial charge in [-0.3, -0.25) is 4.79 Å². The standard InChI is InChI=1S/C33H61NO3/c1-3-5-7-9-11-13-15-17-19-21-23-25-27-29-33(37)34-31(30-35)32(36)28-26-24-22-20-18-16-14-12-10-8-6-4-2/h5,7,11,13,17,19,31-32,35-36H,3-4,6,8-10,12,14-16,18,20-30H2,1-2H3,(H,34,37)/b7-5-,13-11-,19-17-. The third-order valence-corrected chi connectivity index (χ3v) is 6.92. The van der Waals surface area contributed by atoms with Crippen molar-refractivity contribution in [3.63, 3.8) is 0 Å². The van der Waals surface area contributed by atoms with Gasteiger partial charge in [-0.05, 0) is 44.9 Å². The fourth-order valence-electron chi connectivity index (χ4n) is 4.49. The molecule has 0 spiro atoms. The third kappa shape index (κ3) is 26.0. The van der Waals surface area contributed by atoms with Crippen molar-refractivity contribution in [1.29, 1.82) is 0 Å². The number of nitrogens with one attached hydrogen (secondary N) is 1. The summed E-state index contributed by atoms with van der Waals surface area (Å²) in [5, 5.41) is 22.9. The number of unbranched alkanes of at least 4 members (excludes halogenated alkanes) is 14. The van der Waals surface area contributed by atoms with Crippen molar-refractivity contribution in [3.8, 4) is 0 Å². The molecule has 4 heteroatoms. The highest BCUT2D eigenvalue weighted by atomic mass is 16.3. The van der Waals surface area contributed by atoms with Crippen LogP contribution < -0.4 is 5.32 Å². The first kappa shape index (κ1) is 35.6. The Morgan fingerprint density at radius 2 is 1.19 bits per heavy atom. The largest absolute Gasteiger partial charge is 0.394 e. The van der Waals surface area contributed by atoms with E-state index in [4.69, 9.17) is 0 Å².